The number of allylic oxidation sites excluding steroid dienone is 1. The van der Waals surface area contributed by atoms with Gasteiger partial charge in [-0.05, 0) is 54.3 Å². The summed E-state index contributed by atoms with van der Waals surface area (Å²) in [6.07, 6.45) is 2.04. The number of rotatable bonds is 7. The lowest BCUT2D eigenvalue weighted by Gasteiger charge is -2.30. The highest BCUT2D eigenvalue weighted by atomic mass is 16.5. The summed E-state index contributed by atoms with van der Waals surface area (Å²) in [5, 5.41) is 7.23. The van der Waals surface area contributed by atoms with Crippen LogP contribution >= 0.6 is 0 Å². The molecule has 36 heavy (non-hydrogen) atoms. The Kier molecular flexibility index (Phi) is 6.85. The van der Waals surface area contributed by atoms with E-state index in [0.29, 0.717) is 30.9 Å². The molecule has 2 N–H and O–H groups in total. The SMILES string of the molecule is CCCOc1ccc(C2Nc3ccccc3NC3=C2C(=O)CC(c2ccccc2OC)C3)cc1OC. The first kappa shape index (κ1) is 23.8. The Balaban J connectivity index is 1.58. The lowest BCUT2D eigenvalue weighted by atomic mass is 9.78. The van der Waals surface area contributed by atoms with E-state index in [1.165, 1.54) is 0 Å². The molecule has 2 aliphatic rings. The molecule has 2 unspecified atom stereocenters. The zero-order valence-electron chi connectivity index (χ0n) is 21.0. The van der Waals surface area contributed by atoms with Crippen LogP contribution in [0.15, 0.2) is 78.0 Å². The van der Waals surface area contributed by atoms with Gasteiger partial charge in [-0.25, -0.2) is 0 Å². The maximum Gasteiger partial charge on any atom is 0.163 e. The van der Waals surface area contributed by atoms with Gasteiger partial charge in [0.1, 0.15) is 5.75 Å². The highest BCUT2D eigenvalue weighted by Crippen LogP contribution is 2.46. The number of anilines is 2. The molecule has 0 saturated heterocycles. The van der Waals surface area contributed by atoms with Gasteiger partial charge < -0.3 is 24.8 Å². The van der Waals surface area contributed by atoms with E-state index in [9.17, 15) is 4.79 Å². The number of Topliss-reactive ketones (excluding diaryl/α,β-unsaturated/α-hetero) is 1. The van der Waals surface area contributed by atoms with Gasteiger partial charge in [-0.1, -0.05) is 43.3 Å². The van der Waals surface area contributed by atoms with E-state index in [2.05, 4.69) is 23.6 Å². The zero-order valence-corrected chi connectivity index (χ0v) is 21.0. The van der Waals surface area contributed by atoms with Gasteiger partial charge in [0.05, 0.1) is 38.2 Å². The molecular formula is C30H32N2O4. The first-order chi connectivity index (χ1) is 17.6. The van der Waals surface area contributed by atoms with Crippen LogP contribution in [0.3, 0.4) is 0 Å². The number of nitrogens with one attached hydrogen (secondary N) is 2. The quantitative estimate of drug-likeness (QED) is 0.400. The minimum Gasteiger partial charge on any atom is -0.496 e. The largest absolute Gasteiger partial charge is 0.496 e. The predicted octanol–water partition coefficient (Wildman–Crippen LogP) is 6.47. The van der Waals surface area contributed by atoms with Gasteiger partial charge in [-0.3, -0.25) is 4.79 Å². The molecule has 1 heterocycles. The first-order valence-electron chi connectivity index (χ1n) is 12.4. The molecule has 0 amide bonds. The minimum absolute atomic E-state index is 0.0326. The third kappa shape index (κ3) is 4.51. The van der Waals surface area contributed by atoms with Crippen molar-refractivity contribution >= 4 is 17.2 Å². The zero-order chi connectivity index (χ0) is 25.1. The summed E-state index contributed by atoms with van der Waals surface area (Å²) in [6, 6.07) is 21.6. The van der Waals surface area contributed by atoms with E-state index < -0.39 is 0 Å². The molecule has 0 spiro atoms. The van der Waals surface area contributed by atoms with Crippen LogP contribution < -0.4 is 24.8 Å². The molecule has 6 heteroatoms. The number of carbonyl (C=O) groups is 1. The number of benzene rings is 3. The second-order valence-electron chi connectivity index (χ2n) is 9.17. The number of fused-ring (bicyclic) bond motifs is 1. The summed E-state index contributed by atoms with van der Waals surface area (Å²) in [4.78, 5) is 13.8. The average Bonchev–Trinajstić information content (AvgIpc) is 3.08. The second kappa shape index (κ2) is 10.4. The standard InChI is InChI=1S/C30H32N2O4/c1-4-15-36-27-14-13-19(18-28(27)35-3)30-29-24(31-22-10-6-7-11-23(22)32-30)16-20(17-25(29)33)21-9-5-8-12-26(21)34-2/h5-14,18,20,30-32H,4,15-17H2,1-3H3. The summed E-state index contributed by atoms with van der Waals surface area (Å²) in [6.45, 7) is 2.69. The van der Waals surface area contributed by atoms with Gasteiger partial charge in [0.25, 0.3) is 0 Å². The first-order valence-corrected chi connectivity index (χ1v) is 12.4. The predicted molar refractivity (Wildman–Crippen MR) is 142 cm³/mol. The third-order valence-corrected chi connectivity index (χ3v) is 6.87. The van der Waals surface area contributed by atoms with Crippen LogP contribution in [-0.4, -0.2) is 26.6 Å². The molecule has 186 valence electrons. The Hall–Kier alpha value is -3.93. The molecule has 1 aliphatic heterocycles. The van der Waals surface area contributed by atoms with Crippen molar-refractivity contribution in [1.82, 2.24) is 0 Å². The number of ether oxygens (including phenoxy) is 3. The number of hydrogen-bond acceptors (Lipinski definition) is 6. The number of methoxy groups -OCH3 is 2. The highest BCUT2D eigenvalue weighted by Gasteiger charge is 2.37. The van der Waals surface area contributed by atoms with Gasteiger partial charge >= 0.3 is 0 Å². The summed E-state index contributed by atoms with van der Waals surface area (Å²) in [5.74, 6) is 2.33. The molecule has 3 aromatic carbocycles. The van der Waals surface area contributed by atoms with Gasteiger partial charge in [-0.2, -0.15) is 0 Å². The van der Waals surface area contributed by atoms with Crippen molar-refractivity contribution in [2.45, 2.75) is 38.1 Å². The normalized spacial score (nSPS) is 18.8. The smallest absolute Gasteiger partial charge is 0.163 e. The summed E-state index contributed by atoms with van der Waals surface area (Å²) < 4.78 is 17.1. The number of para-hydroxylation sites is 3. The van der Waals surface area contributed by atoms with Crippen molar-refractivity contribution in [3.05, 3.63) is 89.1 Å². The Morgan fingerprint density at radius 2 is 1.61 bits per heavy atom. The molecule has 0 fully saturated rings. The molecule has 6 nitrogen and oxygen atoms in total. The van der Waals surface area contributed by atoms with Crippen molar-refractivity contribution in [1.29, 1.82) is 0 Å². The van der Waals surface area contributed by atoms with E-state index in [1.54, 1.807) is 14.2 Å². The summed E-state index contributed by atoms with van der Waals surface area (Å²) >= 11 is 0. The topological polar surface area (TPSA) is 68.8 Å². The van der Waals surface area contributed by atoms with E-state index in [-0.39, 0.29) is 17.7 Å². The maximum absolute atomic E-state index is 13.8. The number of carbonyl (C=O) groups excluding carboxylic acids is 1. The van der Waals surface area contributed by atoms with Crippen LogP contribution in [0, 0.1) is 0 Å². The van der Waals surface area contributed by atoms with Crippen molar-refractivity contribution in [2.24, 2.45) is 0 Å². The van der Waals surface area contributed by atoms with E-state index in [4.69, 9.17) is 14.2 Å². The Labute approximate surface area is 212 Å². The molecule has 2 atom stereocenters. The molecule has 0 saturated carbocycles. The van der Waals surface area contributed by atoms with E-state index >= 15 is 0 Å². The average molecular weight is 485 g/mol. The molecule has 3 aromatic rings. The fourth-order valence-corrected chi connectivity index (χ4v) is 5.16. The van der Waals surface area contributed by atoms with Crippen molar-refractivity contribution in [3.63, 3.8) is 0 Å². The van der Waals surface area contributed by atoms with Crippen LogP contribution in [-0.2, 0) is 4.79 Å². The Morgan fingerprint density at radius 3 is 2.39 bits per heavy atom. The fraction of sp³-hybridized carbons (Fsp3) is 0.300. The highest BCUT2D eigenvalue weighted by molar-refractivity contribution is 6.01. The van der Waals surface area contributed by atoms with Gasteiger partial charge in [0, 0.05) is 23.6 Å². The van der Waals surface area contributed by atoms with Crippen molar-refractivity contribution in [2.75, 3.05) is 31.5 Å². The van der Waals surface area contributed by atoms with Crippen molar-refractivity contribution < 1.29 is 19.0 Å². The van der Waals surface area contributed by atoms with Gasteiger partial charge in [0.2, 0.25) is 0 Å². The Bertz CT molecular complexity index is 1300. The van der Waals surface area contributed by atoms with Crippen LogP contribution in [0.2, 0.25) is 0 Å². The lowest BCUT2D eigenvalue weighted by Crippen LogP contribution is -2.27. The monoisotopic (exact) mass is 484 g/mol. The molecule has 5 rings (SSSR count). The van der Waals surface area contributed by atoms with Crippen LogP contribution in [0.4, 0.5) is 11.4 Å². The third-order valence-electron chi connectivity index (χ3n) is 6.87. The van der Waals surface area contributed by atoms with E-state index in [1.807, 2.05) is 60.7 Å². The van der Waals surface area contributed by atoms with Gasteiger partial charge in [-0.15, -0.1) is 0 Å². The lowest BCUT2D eigenvalue weighted by molar-refractivity contribution is -0.116. The van der Waals surface area contributed by atoms with Gasteiger partial charge in [0.15, 0.2) is 17.3 Å². The Morgan fingerprint density at radius 1 is 0.861 bits per heavy atom. The molecular weight excluding hydrogens is 452 g/mol. The number of ketones is 1. The summed E-state index contributed by atoms with van der Waals surface area (Å²) in [5.41, 5.74) is 5.62. The number of hydrogen-bond donors (Lipinski definition) is 2. The molecule has 0 aromatic heterocycles. The van der Waals surface area contributed by atoms with Crippen LogP contribution in [0.25, 0.3) is 0 Å². The molecule has 0 radical (unpaired) electrons. The minimum atomic E-state index is -0.323. The molecule has 1 aliphatic carbocycles. The van der Waals surface area contributed by atoms with Crippen molar-refractivity contribution in [3.8, 4) is 17.2 Å². The van der Waals surface area contributed by atoms with Crippen LogP contribution in [0.1, 0.15) is 49.3 Å². The molecule has 0 bridgehead atoms. The maximum atomic E-state index is 13.8. The second-order valence-corrected chi connectivity index (χ2v) is 9.17. The summed E-state index contributed by atoms with van der Waals surface area (Å²) in [7, 11) is 3.32. The van der Waals surface area contributed by atoms with Crippen LogP contribution in [0.5, 0.6) is 17.2 Å². The fourth-order valence-electron chi connectivity index (χ4n) is 5.16. The van der Waals surface area contributed by atoms with E-state index in [0.717, 1.165) is 45.9 Å².